The van der Waals surface area contributed by atoms with E-state index in [-0.39, 0.29) is 5.88 Å². The second-order valence-corrected chi connectivity index (χ2v) is 3.57. The molecule has 2 N–H and O–H groups in total. The third kappa shape index (κ3) is 1.84. The van der Waals surface area contributed by atoms with Gasteiger partial charge < -0.3 is 19.6 Å². The lowest BCUT2D eigenvalue weighted by atomic mass is 10.0. The van der Waals surface area contributed by atoms with E-state index in [0.717, 1.165) is 5.56 Å². The number of hydrogen-bond donors (Lipinski definition) is 1. The number of anilines is 1. The standard InChI is InChI=1S/C13H12N2O3/c1-16-11-4-3-8(5-12(11)17-2)10-7-18-13(15)9(10)6-14/h3-5,7H,15H2,1-2H3. The number of nitriles is 1. The lowest BCUT2D eigenvalue weighted by Crippen LogP contribution is -1.91. The van der Waals surface area contributed by atoms with Gasteiger partial charge in [-0.2, -0.15) is 5.26 Å². The zero-order valence-electron chi connectivity index (χ0n) is 10.1. The van der Waals surface area contributed by atoms with E-state index in [4.69, 9.17) is 24.9 Å². The van der Waals surface area contributed by atoms with Crippen LogP contribution in [0.25, 0.3) is 11.1 Å². The minimum Gasteiger partial charge on any atom is -0.493 e. The van der Waals surface area contributed by atoms with Gasteiger partial charge in [-0.15, -0.1) is 0 Å². The minimum absolute atomic E-state index is 0.113. The van der Waals surface area contributed by atoms with E-state index in [2.05, 4.69) is 0 Å². The first-order chi connectivity index (χ1) is 8.71. The Morgan fingerprint density at radius 1 is 1.22 bits per heavy atom. The lowest BCUT2D eigenvalue weighted by molar-refractivity contribution is 0.355. The van der Waals surface area contributed by atoms with Crippen LogP contribution in [-0.4, -0.2) is 14.2 Å². The number of furan rings is 1. The van der Waals surface area contributed by atoms with Crippen LogP contribution in [0.15, 0.2) is 28.9 Å². The van der Waals surface area contributed by atoms with E-state index in [1.165, 1.54) is 6.26 Å². The molecule has 0 saturated carbocycles. The summed E-state index contributed by atoms with van der Waals surface area (Å²) in [6.45, 7) is 0. The first kappa shape index (κ1) is 11.9. The molecule has 1 aromatic heterocycles. The summed E-state index contributed by atoms with van der Waals surface area (Å²) in [5, 5.41) is 9.03. The van der Waals surface area contributed by atoms with Gasteiger partial charge in [0.15, 0.2) is 11.5 Å². The van der Waals surface area contributed by atoms with Crippen molar-refractivity contribution in [2.45, 2.75) is 0 Å². The molecule has 5 heteroatoms. The summed E-state index contributed by atoms with van der Waals surface area (Å²) < 4.78 is 15.4. The van der Waals surface area contributed by atoms with Crippen molar-refractivity contribution in [1.29, 1.82) is 5.26 Å². The Morgan fingerprint density at radius 2 is 1.94 bits per heavy atom. The number of nitrogens with zero attached hydrogens (tertiary/aromatic N) is 1. The first-order valence-electron chi connectivity index (χ1n) is 5.20. The van der Waals surface area contributed by atoms with Crippen molar-refractivity contribution in [3.8, 4) is 28.7 Å². The molecule has 0 amide bonds. The first-order valence-corrected chi connectivity index (χ1v) is 5.20. The highest BCUT2D eigenvalue weighted by Crippen LogP contribution is 2.35. The van der Waals surface area contributed by atoms with Gasteiger partial charge in [-0.3, -0.25) is 0 Å². The van der Waals surface area contributed by atoms with Gasteiger partial charge in [-0.25, -0.2) is 0 Å². The van der Waals surface area contributed by atoms with Gasteiger partial charge in [-0.1, -0.05) is 6.07 Å². The number of nitrogens with two attached hydrogens (primary N) is 1. The molecule has 1 aromatic carbocycles. The summed E-state index contributed by atoms with van der Waals surface area (Å²) in [4.78, 5) is 0. The smallest absolute Gasteiger partial charge is 0.208 e. The van der Waals surface area contributed by atoms with Crippen LogP contribution in [0, 0.1) is 11.3 Å². The Hall–Kier alpha value is -2.61. The molecule has 1 heterocycles. The molecule has 0 aliphatic carbocycles. The van der Waals surface area contributed by atoms with Crippen LogP contribution in [0.3, 0.4) is 0 Å². The fraction of sp³-hybridized carbons (Fsp3) is 0.154. The van der Waals surface area contributed by atoms with Gasteiger partial charge in [0.1, 0.15) is 17.9 Å². The van der Waals surface area contributed by atoms with Crippen LogP contribution in [0.4, 0.5) is 5.88 Å². The van der Waals surface area contributed by atoms with Crippen molar-refractivity contribution >= 4 is 5.88 Å². The Morgan fingerprint density at radius 3 is 2.56 bits per heavy atom. The van der Waals surface area contributed by atoms with Gasteiger partial charge in [0.05, 0.1) is 14.2 Å². The second kappa shape index (κ2) is 4.72. The Balaban J connectivity index is 2.55. The van der Waals surface area contributed by atoms with Crippen LogP contribution in [0.2, 0.25) is 0 Å². The topological polar surface area (TPSA) is 81.4 Å². The largest absolute Gasteiger partial charge is 0.493 e. The van der Waals surface area contributed by atoms with Crippen LogP contribution in [0.1, 0.15) is 5.56 Å². The Labute approximate surface area is 104 Å². The van der Waals surface area contributed by atoms with Crippen molar-refractivity contribution in [2.75, 3.05) is 20.0 Å². The van der Waals surface area contributed by atoms with E-state index < -0.39 is 0 Å². The Bertz CT molecular complexity index is 611. The predicted molar refractivity (Wildman–Crippen MR) is 66.4 cm³/mol. The molecular weight excluding hydrogens is 232 g/mol. The van der Waals surface area contributed by atoms with Gasteiger partial charge >= 0.3 is 0 Å². The van der Waals surface area contributed by atoms with Crippen molar-refractivity contribution < 1.29 is 13.9 Å². The third-order valence-electron chi connectivity index (χ3n) is 2.63. The summed E-state index contributed by atoms with van der Waals surface area (Å²) in [7, 11) is 3.12. The SMILES string of the molecule is COc1ccc(-c2coc(N)c2C#N)cc1OC. The summed E-state index contributed by atoms with van der Waals surface area (Å²) in [6, 6.07) is 7.36. The van der Waals surface area contributed by atoms with Gasteiger partial charge in [0.2, 0.25) is 5.88 Å². The summed E-state index contributed by atoms with van der Waals surface area (Å²) in [5.74, 6) is 1.32. The van der Waals surface area contributed by atoms with Crippen LogP contribution >= 0.6 is 0 Å². The summed E-state index contributed by atoms with van der Waals surface area (Å²) in [6.07, 6.45) is 1.45. The average Bonchev–Trinajstić information content (AvgIpc) is 2.78. The molecule has 92 valence electrons. The maximum absolute atomic E-state index is 9.03. The fourth-order valence-corrected chi connectivity index (χ4v) is 1.70. The molecule has 2 aromatic rings. The van der Waals surface area contributed by atoms with Gasteiger partial charge in [0.25, 0.3) is 0 Å². The molecule has 0 saturated heterocycles. The normalized spacial score (nSPS) is 9.83. The van der Waals surface area contributed by atoms with Crippen LogP contribution in [0.5, 0.6) is 11.5 Å². The molecular formula is C13H12N2O3. The molecule has 0 aliphatic heterocycles. The molecule has 18 heavy (non-hydrogen) atoms. The average molecular weight is 244 g/mol. The number of ether oxygens (including phenoxy) is 2. The summed E-state index contributed by atoms with van der Waals surface area (Å²) >= 11 is 0. The van der Waals surface area contributed by atoms with Crippen molar-refractivity contribution in [3.05, 3.63) is 30.0 Å². The minimum atomic E-state index is 0.113. The highest BCUT2D eigenvalue weighted by molar-refractivity contribution is 5.76. The number of hydrogen-bond acceptors (Lipinski definition) is 5. The van der Waals surface area contributed by atoms with Crippen molar-refractivity contribution in [2.24, 2.45) is 0 Å². The lowest BCUT2D eigenvalue weighted by Gasteiger charge is -2.08. The molecule has 5 nitrogen and oxygen atoms in total. The van der Waals surface area contributed by atoms with Crippen molar-refractivity contribution in [1.82, 2.24) is 0 Å². The molecule has 0 fully saturated rings. The van der Waals surface area contributed by atoms with Gasteiger partial charge in [0, 0.05) is 5.56 Å². The maximum atomic E-state index is 9.03. The van der Waals surface area contributed by atoms with E-state index >= 15 is 0 Å². The predicted octanol–water partition coefficient (Wildman–Crippen LogP) is 2.42. The zero-order valence-corrected chi connectivity index (χ0v) is 10.1. The van der Waals surface area contributed by atoms with Crippen molar-refractivity contribution in [3.63, 3.8) is 0 Å². The third-order valence-corrected chi connectivity index (χ3v) is 2.63. The number of benzene rings is 1. The molecule has 0 atom stereocenters. The van der Waals surface area contributed by atoms with Crippen LogP contribution in [-0.2, 0) is 0 Å². The van der Waals surface area contributed by atoms with Gasteiger partial charge in [-0.05, 0) is 17.7 Å². The zero-order chi connectivity index (χ0) is 13.1. The number of rotatable bonds is 3. The van der Waals surface area contributed by atoms with E-state index in [1.807, 2.05) is 12.1 Å². The van der Waals surface area contributed by atoms with E-state index in [9.17, 15) is 0 Å². The molecule has 0 spiro atoms. The molecule has 2 rings (SSSR count). The number of nitrogen functional groups attached to an aromatic ring is 1. The molecule has 0 aliphatic rings. The fourth-order valence-electron chi connectivity index (χ4n) is 1.70. The molecule has 0 unspecified atom stereocenters. The highest BCUT2D eigenvalue weighted by Gasteiger charge is 2.14. The molecule has 0 bridgehead atoms. The summed E-state index contributed by atoms with van der Waals surface area (Å²) in [5.41, 5.74) is 7.31. The van der Waals surface area contributed by atoms with E-state index in [1.54, 1.807) is 26.4 Å². The second-order valence-electron chi connectivity index (χ2n) is 3.57. The number of methoxy groups -OCH3 is 2. The van der Waals surface area contributed by atoms with E-state index in [0.29, 0.717) is 22.6 Å². The van der Waals surface area contributed by atoms with Crippen LogP contribution < -0.4 is 15.2 Å². The Kier molecular flexibility index (Phi) is 3.11. The molecule has 0 radical (unpaired) electrons. The maximum Gasteiger partial charge on any atom is 0.208 e. The highest BCUT2D eigenvalue weighted by atomic mass is 16.5. The quantitative estimate of drug-likeness (QED) is 0.896. The monoisotopic (exact) mass is 244 g/mol.